The molecular formula is C14H18N2O. The Labute approximate surface area is 102 Å². The van der Waals surface area contributed by atoms with Crippen molar-refractivity contribution in [3.05, 3.63) is 54.1 Å². The molecule has 0 amide bonds. The standard InChI is InChI=1S/C14H18N2O/c1-12(2)17-10-14-8-15-11-16(14)9-13-6-4-3-5-7-13/h3-8,11-12H,9-10H2,1-2H3. The summed E-state index contributed by atoms with van der Waals surface area (Å²) in [4.78, 5) is 4.18. The maximum atomic E-state index is 5.60. The molecule has 0 radical (unpaired) electrons. The fraction of sp³-hybridized carbons (Fsp3) is 0.357. The quantitative estimate of drug-likeness (QED) is 0.789. The Hall–Kier alpha value is -1.61. The summed E-state index contributed by atoms with van der Waals surface area (Å²) < 4.78 is 7.73. The van der Waals surface area contributed by atoms with Gasteiger partial charge in [0.2, 0.25) is 0 Å². The average Bonchev–Trinajstić information content (AvgIpc) is 2.75. The van der Waals surface area contributed by atoms with Crippen LogP contribution in [0.2, 0.25) is 0 Å². The van der Waals surface area contributed by atoms with Crippen LogP contribution in [0.3, 0.4) is 0 Å². The summed E-state index contributed by atoms with van der Waals surface area (Å²) in [6.45, 7) is 5.54. The second-order valence-corrected chi connectivity index (χ2v) is 4.36. The average molecular weight is 230 g/mol. The fourth-order valence-electron chi connectivity index (χ4n) is 1.64. The van der Waals surface area contributed by atoms with Crippen LogP contribution in [-0.4, -0.2) is 15.7 Å². The van der Waals surface area contributed by atoms with Crippen LogP contribution in [0, 0.1) is 0 Å². The highest BCUT2D eigenvalue weighted by Gasteiger charge is 2.04. The third-order valence-electron chi connectivity index (χ3n) is 2.56. The topological polar surface area (TPSA) is 27.1 Å². The molecule has 0 aliphatic heterocycles. The van der Waals surface area contributed by atoms with E-state index in [9.17, 15) is 0 Å². The highest BCUT2D eigenvalue weighted by Crippen LogP contribution is 2.08. The lowest BCUT2D eigenvalue weighted by Crippen LogP contribution is -2.08. The smallest absolute Gasteiger partial charge is 0.0952 e. The van der Waals surface area contributed by atoms with Crippen molar-refractivity contribution >= 4 is 0 Å². The van der Waals surface area contributed by atoms with Crippen molar-refractivity contribution in [3.8, 4) is 0 Å². The summed E-state index contributed by atoms with van der Waals surface area (Å²) in [6, 6.07) is 10.4. The number of ether oxygens (including phenoxy) is 1. The van der Waals surface area contributed by atoms with Crippen molar-refractivity contribution in [3.63, 3.8) is 0 Å². The Morgan fingerprint density at radius 2 is 2.00 bits per heavy atom. The number of aromatic nitrogens is 2. The molecule has 0 unspecified atom stereocenters. The van der Waals surface area contributed by atoms with Crippen LogP contribution >= 0.6 is 0 Å². The Morgan fingerprint density at radius 3 is 2.71 bits per heavy atom. The highest BCUT2D eigenvalue weighted by molar-refractivity contribution is 5.16. The molecule has 1 aromatic carbocycles. The second kappa shape index (κ2) is 5.64. The molecule has 2 rings (SSSR count). The summed E-state index contributed by atoms with van der Waals surface area (Å²) in [5, 5.41) is 0. The molecule has 1 heterocycles. The van der Waals surface area contributed by atoms with E-state index in [4.69, 9.17) is 4.74 Å². The van der Waals surface area contributed by atoms with E-state index >= 15 is 0 Å². The maximum Gasteiger partial charge on any atom is 0.0952 e. The molecular weight excluding hydrogens is 212 g/mol. The first kappa shape index (κ1) is 11.9. The number of hydrogen-bond acceptors (Lipinski definition) is 2. The monoisotopic (exact) mass is 230 g/mol. The number of imidazole rings is 1. The molecule has 90 valence electrons. The molecule has 0 saturated carbocycles. The summed E-state index contributed by atoms with van der Waals surface area (Å²) in [5.74, 6) is 0. The van der Waals surface area contributed by atoms with Crippen LogP contribution in [0.15, 0.2) is 42.9 Å². The van der Waals surface area contributed by atoms with E-state index in [1.54, 1.807) is 0 Å². The zero-order valence-corrected chi connectivity index (χ0v) is 10.3. The predicted molar refractivity (Wildman–Crippen MR) is 67.7 cm³/mol. The normalized spacial score (nSPS) is 11.0. The number of hydrogen-bond donors (Lipinski definition) is 0. The first-order valence-electron chi connectivity index (χ1n) is 5.90. The van der Waals surface area contributed by atoms with Crippen molar-refractivity contribution in [1.29, 1.82) is 0 Å². The zero-order chi connectivity index (χ0) is 12.1. The molecule has 0 atom stereocenters. The third kappa shape index (κ3) is 3.43. The van der Waals surface area contributed by atoms with E-state index in [2.05, 4.69) is 33.8 Å². The zero-order valence-electron chi connectivity index (χ0n) is 10.3. The molecule has 0 bridgehead atoms. The summed E-state index contributed by atoms with van der Waals surface area (Å²) in [5.41, 5.74) is 2.39. The van der Waals surface area contributed by atoms with Gasteiger partial charge in [0.1, 0.15) is 0 Å². The van der Waals surface area contributed by atoms with Gasteiger partial charge in [-0.3, -0.25) is 0 Å². The molecule has 2 aromatic rings. The van der Waals surface area contributed by atoms with Crippen molar-refractivity contribution < 1.29 is 4.74 Å². The van der Waals surface area contributed by atoms with Crippen LogP contribution in [0.5, 0.6) is 0 Å². The van der Waals surface area contributed by atoms with Crippen LogP contribution in [0.4, 0.5) is 0 Å². The molecule has 0 spiro atoms. The van der Waals surface area contributed by atoms with Crippen molar-refractivity contribution in [2.24, 2.45) is 0 Å². The van der Waals surface area contributed by atoms with Gasteiger partial charge in [0.05, 0.1) is 30.9 Å². The fourth-order valence-corrected chi connectivity index (χ4v) is 1.64. The molecule has 0 N–H and O–H groups in total. The second-order valence-electron chi connectivity index (χ2n) is 4.36. The van der Waals surface area contributed by atoms with Gasteiger partial charge in [-0.05, 0) is 19.4 Å². The Morgan fingerprint density at radius 1 is 1.24 bits per heavy atom. The van der Waals surface area contributed by atoms with Gasteiger partial charge >= 0.3 is 0 Å². The largest absolute Gasteiger partial charge is 0.373 e. The van der Waals surface area contributed by atoms with E-state index in [-0.39, 0.29) is 6.10 Å². The lowest BCUT2D eigenvalue weighted by molar-refractivity contribution is 0.0619. The minimum Gasteiger partial charge on any atom is -0.373 e. The molecule has 3 heteroatoms. The minimum absolute atomic E-state index is 0.245. The Balaban J connectivity index is 2.04. The number of nitrogens with zero attached hydrogens (tertiary/aromatic N) is 2. The van der Waals surface area contributed by atoms with Gasteiger partial charge in [-0.15, -0.1) is 0 Å². The van der Waals surface area contributed by atoms with E-state index < -0.39 is 0 Å². The van der Waals surface area contributed by atoms with Gasteiger partial charge in [-0.1, -0.05) is 30.3 Å². The first-order valence-corrected chi connectivity index (χ1v) is 5.90. The van der Waals surface area contributed by atoms with E-state index in [0.717, 1.165) is 12.2 Å². The maximum absolute atomic E-state index is 5.60. The first-order chi connectivity index (χ1) is 8.25. The van der Waals surface area contributed by atoms with Crippen LogP contribution in [0.1, 0.15) is 25.1 Å². The Bertz CT molecular complexity index is 448. The van der Waals surface area contributed by atoms with Gasteiger partial charge < -0.3 is 9.30 Å². The van der Waals surface area contributed by atoms with Gasteiger partial charge in [0, 0.05) is 6.54 Å². The SMILES string of the molecule is CC(C)OCc1cncn1Cc1ccccc1. The van der Waals surface area contributed by atoms with Gasteiger partial charge in [0.15, 0.2) is 0 Å². The van der Waals surface area contributed by atoms with E-state index in [1.165, 1.54) is 5.56 Å². The molecule has 17 heavy (non-hydrogen) atoms. The molecule has 0 aliphatic carbocycles. The highest BCUT2D eigenvalue weighted by atomic mass is 16.5. The number of benzene rings is 1. The summed E-state index contributed by atoms with van der Waals surface area (Å²) in [7, 11) is 0. The summed E-state index contributed by atoms with van der Waals surface area (Å²) >= 11 is 0. The van der Waals surface area contributed by atoms with E-state index in [0.29, 0.717) is 6.61 Å². The molecule has 1 aromatic heterocycles. The third-order valence-corrected chi connectivity index (χ3v) is 2.56. The van der Waals surface area contributed by atoms with Crippen LogP contribution in [-0.2, 0) is 17.9 Å². The lowest BCUT2D eigenvalue weighted by atomic mass is 10.2. The predicted octanol–water partition coefficient (Wildman–Crippen LogP) is 2.86. The van der Waals surface area contributed by atoms with Crippen LogP contribution in [0.25, 0.3) is 0 Å². The van der Waals surface area contributed by atoms with Crippen molar-refractivity contribution in [2.45, 2.75) is 33.1 Å². The molecule has 0 saturated heterocycles. The summed E-state index contributed by atoms with van der Waals surface area (Å²) in [6.07, 6.45) is 3.97. The van der Waals surface area contributed by atoms with Crippen molar-refractivity contribution in [1.82, 2.24) is 9.55 Å². The molecule has 0 aliphatic rings. The van der Waals surface area contributed by atoms with Crippen LogP contribution < -0.4 is 0 Å². The molecule has 3 nitrogen and oxygen atoms in total. The lowest BCUT2D eigenvalue weighted by Gasteiger charge is -2.10. The van der Waals surface area contributed by atoms with E-state index in [1.807, 2.05) is 32.4 Å². The Kier molecular flexibility index (Phi) is 3.94. The molecule has 0 fully saturated rings. The van der Waals surface area contributed by atoms with Crippen molar-refractivity contribution in [2.75, 3.05) is 0 Å². The van der Waals surface area contributed by atoms with Gasteiger partial charge in [-0.2, -0.15) is 0 Å². The minimum atomic E-state index is 0.245. The number of rotatable bonds is 5. The van der Waals surface area contributed by atoms with Gasteiger partial charge in [-0.25, -0.2) is 4.98 Å². The van der Waals surface area contributed by atoms with Gasteiger partial charge in [0.25, 0.3) is 0 Å².